The Kier molecular flexibility index (Phi) is 5.63. The first-order chi connectivity index (χ1) is 15.6. The summed E-state index contributed by atoms with van der Waals surface area (Å²) in [5.74, 6) is -0.676. The van der Waals surface area contributed by atoms with Gasteiger partial charge in [0.2, 0.25) is 0 Å². The Hall–Kier alpha value is -3.23. The standard InChI is InChI=1S/C23H26F2N6O/c24-14-8-17-18(11-27-22(17)19(25)9-14)20-12-26-13-21(30-20)28-15-4-3-5-16(10-15)29-23(32)31-6-1-2-7-31/h8-9,11-13,15-16,27H,1-7,10H2,(H,28,30)(H,29,32)/t15-,16+/m1/s1. The monoisotopic (exact) mass is 440 g/mol. The van der Waals surface area contributed by atoms with E-state index in [1.165, 1.54) is 6.07 Å². The van der Waals surface area contributed by atoms with Crippen molar-refractivity contribution in [1.82, 2.24) is 25.2 Å². The summed E-state index contributed by atoms with van der Waals surface area (Å²) in [4.78, 5) is 26.1. The molecular weight excluding hydrogens is 414 g/mol. The second kappa shape index (κ2) is 8.72. The molecule has 1 aliphatic carbocycles. The fourth-order valence-corrected chi connectivity index (χ4v) is 4.78. The average Bonchev–Trinajstić information content (AvgIpc) is 3.45. The van der Waals surface area contributed by atoms with Crippen LogP contribution in [0.2, 0.25) is 0 Å². The second-order valence-corrected chi connectivity index (χ2v) is 8.65. The summed E-state index contributed by atoms with van der Waals surface area (Å²) < 4.78 is 27.8. The number of carbonyl (C=O) groups excluding carboxylic acids is 1. The Morgan fingerprint density at radius 3 is 2.75 bits per heavy atom. The molecule has 9 heteroatoms. The predicted molar refractivity (Wildman–Crippen MR) is 118 cm³/mol. The highest BCUT2D eigenvalue weighted by Gasteiger charge is 2.26. The number of nitrogens with one attached hydrogen (secondary N) is 3. The van der Waals surface area contributed by atoms with Gasteiger partial charge in [0.05, 0.1) is 23.6 Å². The van der Waals surface area contributed by atoms with Crippen molar-refractivity contribution in [3.8, 4) is 11.3 Å². The van der Waals surface area contributed by atoms with Crippen LogP contribution in [0.5, 0.6) is 0 Å². The molecular formula is C23H26F2N6O. The van der Waals surface area contributed by atoms with E-state index in [-0.39, 0.29) is 23.6 Å². The molecule has 5 rings (SSSR count). The van der Waals surface area contributed by atoms with Crippen LogP contribution in [-0.2, 0) is 0 Å². The van der Waals surface area contributed by atoms with Crippen molar-refractivity contribution in [2.24, 2.45) is 0 Å². The molecule has 2 atom stereocenters. The summed E-state index contributed by atoms with van der Waals surface area (Å²) >= 11 is 0. The van der Waals surface area contributed by atoms with Crippen molar-refractivity contribution in [1.29, 1.82) is 0 Å². The number of benzene rings is 1. The highest BCUT2D eigenvalue weighted by molar-refractivity contribution is 5.94. The van der Waals surface area contributed by atoms with Crippen LogP contribution in [0.15, 0.2) is 30.7 Å². The maximum atomic E-state index is 14.0. The third kappa shape index (κ3) is 4.24. The smallest absolute Gasteiger partial charge is 0.317 e. The minimum Gasteiger partial charge on any atom is -0.366 e. The van der Waals surface area contributed by atoms with Gasteiger partial charge in [-0.25, -0.2) is 18.6 Å². The van der Waals surface area contributed by atoms with E-state index in [1.54, 1.807) is 18.6 Å². The van der Waals surface area contributed by atoms with Gasteiger partial charge >= 0.3 is 6.03 Å². The van der Waals surface area contributed by atoms with Crippen LogP contribution >= 0.6 is 0 Å². The molecule has 2 aromatic heterocycles. The molecule has 3 N–H and O–H groups in total. The van der Waals surface area contributed by atoms with Crippen LogP contribution in [-0.4, -0.2) is 51.1 Å². The van der Waals surface area contributed by atoms with E-state index in [4.69, 9.17) is 0 Å². The maximum absolute atomic E-state index is 14.0. The molecule has 1 aliphatic heterocycles. The van der Waals surface area contributed by atoms with E-state index in [0.717, 1.165) is 57.7 Å². The number of urea groups is 1. The quantitative estimate of drug-likeness (QED) is 0.560. The number of amides is 2. The number of anilines is 1. The maximum Gasteiger partial charge on any atom is 0.317 e. The number of hydrogen-bond acceptors (Lipinski definition) is 4. The van der Waals surface area contributed by atoms with Gasteiger partial charge in [0.1, 0.15) is 17.5 Å². The summed E-state index contributed by atoms with van der Waals surface area (Å²) in [5.41, 5.74) is 1.36. The number of aromatic amines is 1. The molecule has 2 aliphatic rings. The van der Waals surface area contributed by atoms with Gasteiger partial charge in [-0.1, -0.05) is 0 Å². The van der Waals surface area contributed by atoms with Gasteiger partial charge in [-0.15, -0.1) is 0 Å². The molecule has 3 heterocycles. The summed E-state index contributed by atoms with van der Waals surface area (Å²) in [6.45, 7) is 1.68. The van der Waals surface area contributed by atoms with Crippen LogP contribution in [0.1, 0.15) is 38.5 Å². The molecule has 3 aromatic rings. The van der Waals surface area contributed by atoms with Crippen molar-refractivity contribution in [3.05, 3.63) is 42.4 Å². The zero-order valence-electron chi connectivity index (χ0n) is 17.7. The van der Waals surface area contributed by atoms with Gasteiger partial charge in [-0.05, 0) is 44.6 Å². The fraction of sp³-hybridized carbons (Fsp3) is 0.435. The number of likely N-dealkylation sites (tertiary alicyclic amines) is 1. The molecule has 0 unspecified atom stereocenters. The zero-order chi connectivity index (χ0) is 22.1. The van der Waals surface area contributed by atoms with Crippen molar-refractivity contribution < 1.29 is 13.6 Å². The zero-order valence-corrected chi connectivity index (χ0v) is 17.7. The highest BCUT2D eigenvalue weighted by atomic mass is 19.1. The number of carbonyl (C=O) groups is 1. The molecule has 1 saturated carbocycles. The number of hydrogen-bond donors (Lipinski definition) is 3. The van der Waals surface area contributed by atoms with E-state index in [2.05, 4.69) is 25.6 Å². The largest absolute Gasteiger partial charge is 0.366 e. The minimum atomic E-state index is -0.641. The lowest BCUT2D eigenvalue weighted by Crippen LogP contribution is -2.47. The molecule has 0 radical (unpaired) electrons. The van der Waals surface area contributed by atoms with Gasteiger partial charge < -0.3 is 20.5 Å². The molecule has 32 heavy (non-hydrogen) atoms. The highest BCUT2D eigenvalue weighted by Crippen LogP contribution is 2.30. The predicted octanol–water partition coefficient (Wildman–Crippen LogP) is 4.43. The lowest BCUT2D eigenvalue weighted by atomic mass is 9.91. The lowest BCUT2D eigenvalue weighted by molar-refractivity contribution is 0.200. The van der Waals surface area contributed by atoms with E-state index >= 15 is 0 Å². The summed E-state index contributed by atoms with van der Waals surface area (Å²) in [6, 6.07) is 2.48. The van der Waals surface area contributed by atoms with Crippen LogP contribution < -0.4 is 10.6 Å². The summed E-state index contributed by atoms with van der Waals surface area (Å²) in [6.07, 6.45) is 10.8. The van der Waals surface area contributed by atoms with Gasteiger partial charge in [0.25, 0.3) is 0 Å². The minimum absolute atomic E-state index is 0.0359. The number of fused-ring (bicyclic) bond motifs is 1. The molecule has 0 spiro atoms. The Balaban J connectivity index is 1.28. The normalized spacial score (nSPS) is 21.1. The summed E-state index contributed by atoms with van der Waals surface area (Å²) in [5, 5.41) is 7.03. The van der Waals surface area contributed by atoms with E-state index in [1.807, 2.05) is 4.90 Å². The number of halogens is 2. The Bertz CT molecular complexity index is 1130. The fourth-order valence-electron chi connectivity index (χ4n) is 4.78. The molecule has 7 nitrogen and oxygen atoms in total. The number of aromatic nitrogens is 3. The SMILES string of the molecule is O=C(N[C@H]1CCC[C@@H](Nc2cncc(-c3c[nH]c4c(F)cc(F)cc34)n2)C1)N1CCCC1. The number of nitrogens with zero attached hydrogens (tertiary/aromatic N) is 3. The molecule has 0 bridgehead atoms. The van der Waals surface area contributed by atoms with E-state index in [9.17, 15) is 13.6 Å². The van der Waals surface area contributed by atoms with Gasteiger partial charge in [0.15, 0.2) is 0 Å². The van der Waals surface area contributed by atoms with Crippen molar-refractivity contribution >= 4 is 22.8 Å². The van der Waals surface area contributed by atoms with Crippen LogP contribution in [0, 0.1) is 11.6 Å². The topological polar surface area (TPSA) is 85.9 Å². The van der Waals surface area contributed by atoms with Gasteiger partial charge in [-0.2, -0.15) is 0 Å². The van der Waals surface area contributed by atoms with Gasteiger partial charge in [0, 0.05) is 48.4 Å². The molecule has 2 amide bonds. The average molecular weight is 440 g/mol. The Morgan fingerprint density at radius 1 is 1.09 bits per heavy atom. The number of rotatable bonds is 4. The Labute approximate surface area is 184 Å². The third-order valence-electron chi connectivity index (χ3n) is 6.36. The van der Waals surface area contributed by atoms with Crippen LogP contribution in [0.25, 0.3) is 22.2 Å². The first-order valence-corrected chi connectivity index (χ1v) is 11.2. The van der Waals surface area contributed by atoms with E-state index < -0.39 is 11.6 Å². The van der Waals surface area contributed by atoms with E-state index in [0.29, 0.717) is 22.5 Å². The molecule has 2 fully saturated rings. The molecule has 1 saturated heterocycles. The first-order valence-electron chi connectivity index (χ1n) is 11.2. The molecule has 1 aromatic carbocycles. The second-order valence-electron chi connectivity index (χ2n) is 8.65. The van der Waals surface area contributed by atoms with Crippen LogP contribution in [0.4, 0.5) is 19.4 Å². The Morgan fingerprint density at radius 2 is 1.91 bits per heavy atom. The summed E-state index contributed by atoms with van der Waals surface area (Å²) in [7, 11) is 0. The van der Waals surface area contributed by atoms with Crippen molar-refractivity contribution in [3.63, 3.8) is 0 Å². The molecule has 168 valence electrons. The lowest BCUT2D eigenvalue weighted by Gasteiger charge is -2.31. The third-order valence-corrected chi connectivity index (χ3v) is 6.36. The first kappa shape index (κ1) is 20.7. The number of H-pyrrole nitrogens is 1. The van der Waals surface area contributed by atoms with Gasteiger partial charge in [-0.3, -0.25) is 4.98 Å². The van der Waals surface area contributed by atoms with Crippen molar-refractivity contribution in [2.45, 2.75) is 50.6 Å². The van der Waals surface area contributed by atoms with Crippen LogP contribution in [0.3, 0.4) is 0 Å². The van der Waals surface area contributed by atoms with Crippen molar-refractivity contribution in [2.75, 3.05) is 18.4 Å².